The Bertz CT molecular complexity index is 274. The van der Waals surface area contributed by atoms with Crippen molar-refractivity contribution in [3.8, 4) is 0 Å². The van der Waals surface area contributed by atoms with Crippen LogP contribution >= 0.6 is 11.8 Å². The molecule has 0 fully saturated rings. The van der Waals surface area contributed by atoms with E-state index in [2.05, 4.69) is 11.8 Å². The van der Waals surface area contributed by atoms with E-state index in [9.17, 15) is 8.42 Å². The molecule has 0 amide bonds. The van der Waals surface area contributed by atoms with Gasteiger partial charge in [0, 0.05) is 0 Å². The van der Waals surface area contributed by atoms with Crippen LogP contribution in [0.5, 0.6) is 0 Å². The molecule has 0 aliphatic carbocycles. The van der Waals surface area contributed by atoms with Crippen molar-refractivity contribution in [1.82, 2.24) is 4.24 Å². The Labute approximate surface area is 117 Å². The van der Waals surface area contributed by atoms with Gasteiger partial charge in [-0.3, -0.25) is 4.55 Å². The summed E-state index contributed by atoms with van der Waals surface area (Å²) in [4.78, 5) is 0. The van der Waals surface area contributed by atoms with Gasteiger partial charge in [0.05, 0.1) is 0 Å². The summed E-state index contributed by atoms with van der Waals surface area (Å²) in [5.41, 5.74) is 0. The van der Waals surface area contributed by atoms with Crippen LogP contribution in [0.2, 0.25) is 0 Å². The Hall–Kier alpha value is 0.300. The molecule has 6 nitrogen and oxygen atoms in total. The van der Waals surface area contributed by atoms with Crippen molar-refractivity contribution in [3.63, 3.8) is 0 Å². The summed E-state index contributed by atoms with van der Waals surface area (Å²) in [5, 5.41) is 0. The van der Waals surface area contributed by atoms with Crippen LogP contribution in [0.1, 0.15) is 1.43 Å². The molecule has 0 aliphatic rings. The van der Waals surface area contributed by atoms with E-state index < -0.39 is 10.3 Å². The van der Waals surface area contributed by atoms with Gasteiger partial charge in [0.15, 0.2) is 0 Å². The zero-order valence-corrected chi connectivity index (χ0v) is 11.6. The molecule has 0 saturated heterocycles. The monoisotopic (exact) mass is 269 g/mol. The fraction of sp³-hybridized carbons (Fsp3) is 0. The van der Waals surface area contributed by atoms with Crippen molar-refractivity contribution in [3.05, 3.63) is 36.4 Å². The van der Waals surface area contributed by atoms with Crippen LogP contribution in [-0.4, -0.2) is 23.9 Å². The maximum absolute atomic E-state index is 9.31. The molecule has 0 unspecified atom stereocenters. The van der Waals surface area contributed by atoms with Gasteiger partial charge in [0.2, 0.25) is 0 Å². The first kappa shape index (κ1) is 24.5. The van der Waals surface area contributed by atoms with Crippen LogP contribution in [0.4, 0.5) is 0 Å². The molecule has 0 aliphatic heterocycles. The van der Waals surface area contributed by atoms with E-state index in [1.165, 1.54) is 0 Å². The first-order valence-electron chi connectivity index (χ1n) is 2.91. The van der Waals surface area contributed by atoms with E-state index >= 15 is 0 Å². The summed E-state index contributed by atoms with van der Waals surface area (Å²) >= 11 is 4.39. The number of nitrogens with one attached hydrogen (secondary N) is 1. The van der Waals surface area contributed by atoms with E-state index in [1.54, 1.807) is 0 Å². The average Bonchev–Trinajstić information content (AvgIpc) is 2.07. The second-order valence-electron chi connectivity index (χ2n) is 1.71. The summed E-state index contributed by atoms with van der Waals surface area (Å²) in [6, 6.07) is 12.0. The zero-order valence-electron chi connectivity index (χ0n) is 9.01. The molecule has 1 aromatic carbocycles. The Morgan fingerprint density at radius 1 is 1.00 bits per heavy atom. The molecule has 86 valence electrons. The molecular weight excluding hydrogens is 257 g/mol. The fourth-order valence-electron chi connectivity index (χ4n) is 0.385. The third kappa shape index (κ3) is 25.0. The predicted octanol–water partition coefficient (Wildman–Crippen LogP) is -3.31. The zero-order chi connectivity index (χ0) is 9.45. The molecule has 1 aromatic rings. The summed E-state index contributed by atoms with van der Waals surface area (Å²) in [6.45, 7) is 0. The minimum Gasteiger partial charge on any atom is -1.00 e. The van der Waals surface area contributed by atoms with Crippen molar-refractivity contribution >= 4 is 22.1 Å². The van der Waals surface area contributed by atoms with Crippen LogP contribution in [0.3, 0.4) is 0 Å². The number of hydrogen-bond donors (Lipinski definition) is 2. The molecule has 0 radical (unpaired) electrons. The number of hydrogen-bond acceptors (Lipinski definition) is 2. The molecule has 1 rings (SSSR count). The van der Waals surface area contributed by atoms with Crippen LogP contribution in [0, 0.1) is 0 Å². The molecule has 0 spiro atoms. The second-order valence-corrected chi connectivity index (χ2v) is 3.27. The Morgan fingerprint density at radius 2 is 1.13 bits per heavy atom. The molecule has 9 heteroatoms. The van der Waals surface area contributed by atoms with E-state index in [1.807, 2.05) is 36.4 Å². The minimum atomic E-state index is -4.15. The summed E-state index contributed by atoms with van der Waals surface area (Å²) in [7, 11) is -4.15. The third-order valence-electron chi connectivity index (χ3n) is 0.764. The molecule has 15 heavy (non-hydrogen) atoms. The maximum atomic E-state index is 9.31. The smallest absolute Gasteiger partial charge is 1.00 e. The van der Waals surface area contributed by atoms with Crippen molar-refractivity contribution in [2.24, 2.45) is 0 Å². The first-order valence-corrected chi connectivity index (χ1v) is 4.73. The number of benzene rings is 1. The van der Waals surface area contributed by atoms with Gasteiger partial charge in [-0.2, -0.15) is 8.42 Å². The quantitative estimate of drug-likeness (QED) is 0.314. The Kier molecular flexibility index (Phi) is 23.4. The normalized spacial score (nSPS) is 7.87. The molecule has 0 aromatic heterocycles. The topological polar surface area (TPSA) is 129 Å². The SMILES string of the molecule is O.O.O=S(=O)(O)NCl.[H-].[Na+].c1ccccc1. The number of halogens is 1. The van der Waals surface area contributed by atoms with Gasteiger partial charge < -0.3 is 12.4 Å². The average molecular weight is 270 g/mol. The summed E-state index contributed by atoms with van der Waals surface area (Å²) < 4.78 is 27.3. The van der Waals surface area contributed by atoms with Gasteiger partial charge in [-0.05, 0) is 11.8 Å². The van der Waals surface area contributed by atoms with Crippen LogP contribution in [-0.2, 0) is 10.3 Å². The van der Waals surface area contributed by atoms with Crippen molar-refractivity contribution in [1.29, 1.82) is 0 Å². The van der Waals surface area contributed by atoms with Gasteiger partial charge >= 0.3 is 39.9 Å². The number of rotatable bonds is 1. The standard InChI is InChI=1S/C6H6.ClH2NO3S.Na.2H2O.H/c1-2-4-6-5-3-1;1-2-6(3,4)5;;;;/h1-6H;2H,(H,3,4,5);;2*1H2;/q;;+1;;;-1. The molecule has 0 bridgehead atoms. The van der Waals surface area contributed by atoms with E-state index in [0.29, 0.717) is 0 Å². The van der Waals surface area contributed by atoms with E-state index in [-0.39, 0.29) is 41.9 Å². The molecule has 0 atom stereocenters. The third-order valence-corrected chi connectivity index (χ3v) is 1.54. The molecule has 6 N–H and O–H groups in total. The Balaban J connectivity index is -0.0000000403. The second kappa shape index (κ2) is 14.3. The van der Waals surface area contributed by atoms with Gasteiger partial charge in [-0.15, -0.1) is 4.24 Å². The molecule has 0 saturated carbocycles. The van der Waals surface area contributed by atoms with Crippen LogP contribution < -0.4 is 33.8 Å². The molecular formula is C6H13ClNNaO5S. The van der Waals surface area contributed by atoms with Crippen LogP contribution in [0.25, 0.3) is 0 Å². The predicted molar refractivity (Wildman–Crippen MR) is 55.3 cm³/mol. The fourth-order valence-corrected chi connectivity index (χ4v) is 0.385. The van der Waals surface area contributed by atoms with Gasteiger partial charge in [-0.1, -0.05) is 36.4 Å². The minimum absolute atomic E-state index is 0. The van der Waals surface area contributed by atoms with E-state index in [0.717, 1.165) is 4.24 Å². The Morgan fingerprint density at radius 3 is 1.20 bits per heavy atom. The van der Waals surface area contributed by atoms with Crippen molar-refractivity contribution in [2.75, 3.05) is 0 Å². The van der Waals surface area contributed by atoms with Gasteiger partial charge in [0.25, 0.3) is 0 Å². The maximum Gasteiger partial charge on any atom is 1.00 e. The summed E-state index contributed by atoms with van der Waals surface area (Å²) in [5.74, 6) is 0. The van der Waals surface area contributed by atoms with Crippen LogP contribution in [0.15, 0.2) is 36.4 Å². The largest absolute Gasteiger partial charge is 1.00 e. The van der Waals surface area contributed by atoms with E-state index in [4.69, 9.17) is 4.55 Å². The van der Waals surface area contributed by atoms with Gasteiger partial charge in [0.1, 0.15) is 0 Å². The first-order chi connectivity index (χ1) is 5.56. The summed E-state index contributed by atoms with van der Waals surface area (Å²) in [6.07, 6.45) is 0. The molecule has 0 heterocycles. The van der Waals surface area contributed by atoms with Crippen molar-refractivity contribution in [2.45, 2.75) is 0 Å². The van der Waals surface area contributed by atoms with Crippen molar-refractivity contribution < 1.29 is 54.9 Å². The van der Waals surface area contributed by atoms with Gasteiger partial charge in [-0.25, -0.2) is 0 Å².